The molecule has 156 valence electrons. The average Bonchev–Trinajstić information content (AvgIpc) is 2.82. The molecule has 31 heavy (non-hydrogen) atoms. The molecule has 0 radical (unpaired) electrons. The molecule has 0 atom stereocenters. The maximum atomic E-state index is 6.46. The van der Waals surface area contributed by atoms with Crippen LogP contribution >= 0.6 is 0 Å². The zero-order valence-electron chi connectivity index (χ0n) is 17.3. The summed E-state index contributed by atoms with van der Waals surface area (Å²) in [6, 6.07) is 24.7. The number of nitrogens with zero attached hydrogens (tertiary/aromatic N) is 4. The molecule has 0 amide bonds. The summed E-state index contributed by atoms with van der Waals surface area (Å²) in [7, 11) is 0. The third-order valence-corrected chi connectivity index (χ3v) is 5.70. The largest absolute Gasteiger partial charge is 0.436 e. The minimum absolute atomic E-state index is 0.396. The summed E-state index contributed by atoms with van der Waals surface area (Å²) < 4.78 is 6.14. The van der Waals surface area contributed by atoms with Crippen molar-refractivity contribution in [1.29, 1.82) is 0 Å². The van der Waals surface area contributed by atoms with Crippen LogP contribution in [0.5, 0.6) is 11.6 Å². The third-order valence-electron chi connectivity index (χ3n) is 5.70. The Morgan fingerprint density at radius 2 is 1.55 bits per heavy atom. The molecule has 6 heteroatoms. The lowest BCUT2D eigenvalue weighted by atomic mass is 10.1. The molecule has 1 saturated heterocycles. The van der Waals surface area contributed by atoms with Crippen LogP contribution in [0, 0.1) is 0 Å². The minimum Gasteiger partial charge on any atom is -0.436 e. The molecule has 0 aliphatic carbocycles. The van der Waals surface area contributed by atoms with Crippen LogP contribution in [0.15, 0.2) is 79.1 Å². The van der Waals surface area contributed by atoms with E-state index in [-0.39, 0.29) is 0 Å². The lowest BCUT2D eigenvalue weighted by molar-refractivity contribution is 0.249. The Kier molecular flexibility index (Phi) is 5.37. The molecule has 6 nitrogen and oxygen atoms in total. The molecule has 0 spiro atoms. The number of fused-ring (bicyclic) bond motifs is 1. The minimum atomic E-state index is 0.396. The molecule has 0 bridgehead atoms. The second kappa shape index (κ2) is 8.62. The highest BCUT2D eigenvalue weighted by atomic mass is 16.5. The van der Waals surface area contributed by atoms with E-state index >= 15 is 0 Å². The number of piperazine rings is 1. The lowest BCUT2D eigenvalue weighted by Gasteiger charge is -2.35. The number of ether oxygens (including phenoxy) is 1. The number of nitrogens with two attached hydrogens (primary N) is 1. The topological polar surface area (TPSA) is 67.5 Å². The van der Waals surface area contributed by atoms with Crippen molar-refractivity contribution >= 4 is 22.3 Å². The quantitative estimate of drug-likeness (QED) is 0.527. The number of nitrogen functional groups attached to an aromatic ring is 1. The Bertz CT molecular complexity index is 1170. The van der Waals surface area contributed by atoms with Crippen molar-refractivity contribution in [3.8, 4) is 11.6 Å². The molecule has 1 aliphatic heterocycles. The van der Waals surface area contributed by atoms with Crippen molar-refractivity contribution in [3.05, 3.63) is 84.7 Å². The summed E-state index contributed by atoms with van der Waals surface area (Å²) in [6.45, 7) is 4.60. The summed E-state index contributed by atoms with van der Waals surface area (Å²) >= 11 is 0. The van der Waals surface area contributed by atoms with Crippen molar-refractivity contribution in [2.45, 2.75) is 6.54 Å². The summed E-state index contributed by atoms with van der Waals surface area (Å²) in [6.07, 6.45) is 1.53. The second-order valence-electron chi connectivity index (χ2n) is 7.74. The van der Waals surface area contributed by atoms with Crippen LogP contribution in [-0.4, -0.2) is 41.0 Å². The van der Waals surface area contributed by atoms with Crippen molar-refractivity contribution in [3.63, 3.8) is 0 Å². The SMILES string of the molecule is Nc1c(Oc2cccc3ccccc23)ncnc1N1CCN(Cc2ccccc2)CC1. The fourth-order valence-electron chi connectivity index (χ4n) is 4.05. The lowest BCUT2D eigenvalue weighted by Crippen LogP contribution is -2.46. The summed E-state index contributed by atoms with van der Waals surface area (Å²) in [5.74, 6) is 1.87. The third kappa shape index (κ3) is 4.15. The first-order chi connectivity index (χ1) is 15.3. The second-order valence-corrected chi connectivity index (χ2v) is 7.74. The van der Waals surface area contributed by atoms with Gasteiger partial charge >= 0.3 is 0 Å². The van der Waals surface area contributed by atoms with Gasteiger partial charge in [-0.15, -0.1) is 0 Å². The van der Waals surface area contributed by atoms with Crippen molar-refractivity contribution in [2.24, 2.45) is 0 Å². The monoisotopic (exact) mass is 411 g/mol. The summed E-state index contributed by atoms with van der Waals surface area (Å²) in [5, 5.41) is 2.14. The van der Waals surface area contributed by atoms with Gasteiger partial charge in [0.2, 0.25) is 5.88 Å². The van der Waals surface area contributed by atoms with Crippen LogP contribution in [0.1, 0.15) is 5.56 Å². The Balaban J connectivity index is 1.31. The predicted molar refractivity (Wildman–Crippen MR) is 124 cm³/mol. The maximum Gasteiger partial charge on any atom is 0.248 e. The zero-order valence-corrected chi connectivity index (χ0v) is 17.3. The van der Waals surface area contributed by atoms with E-state index in [1.54, 1.807) is 0 Å². The Labute approximate surface area is 181 Å². The molecule has 3 aromatic carbocycles. The summed E-state index contributed by atoms with van der Waals surface area (Å²) in [5.41, 5.74) is 8.27. The van der Waals surface area contributed by atoms with Gasteiger partial charge in [0.1, 0.15) is 17.8 Å². The first-order valence-corrected chi connectivity index (χ1v) is 10.6. The van der Waals surface area contributed by atoms with Crippen LogP contribution in [-0.2, 0) is 6.54 Å². The normalized spacial score (nSPS) is 14.6. The fraction of sp³-hybridized carbons (Fsp3) is 0.200. The van der Waals surface area contributed by atoms with Gasteiger partial charge in [-0.1, -0.05) is 66.7 Å². The van der Waals surface area contributed by atoms with E-state index in [4.69, 9.17) is 10.5 Å². The first kappa shape index (κ1) is 19.3. The Morgan fingerprint density at radius 3 is 2.39 bits per heavy atom. The van der Waals surface area contributed by atoms with Gasteiger partial charge in [-0.2, -0.15) is 4.98 Å². The first-order valence-electron chi connectivity index (χ1n) is 10.6. The fourth-order valence-corrected chi connectivity index (χ4v) is 4.05. The average molecular weight is 412 g/mol. The molecule has 0 unspecified atom stereocenters. The number of hydrogen-bond acceptors (Lipinski definition) is 6. The smallest absolute Gasteiger partial charge is 0.248 e. The van der Waals surface area contributed by atoms with E-state index < -0.39 is 0 Å². The van der Waals surface area contributed by atoms with E-state index in [0.717, 1.165) is 55.1 Å². The van der Waals surface area contributed by atoms with Gasteiger partial charge in [-0.25, -0.2) is 4.98 Å². The molecule has 1 fully saturated rings. The molecule has 0 saturated carbocycles. The van der Waals surface area contributed by atoms with E-state index in [9.17, 15) is 0 Å². The molecular formula is C25H25N5O. The van der Waals surface area contributed by atoms with Crippen molar-refractivity contribution in [1.82, 2.24) is 14.9 Å². The van der Waals surface area contributed by atoms with Gasteiger partial charge in [0.15, 0.2) is 5.82 Å². The number of benzene rings is 3. The molecule has 2 N–H and O–H groups in total. The van der Waals surface area contributed by atoms with Crippen LogP contribution in [0.4, 0.5) is 11.5 Å². The van der Waals surface area contributed by atoms with Gasteiger partial charge in [-0.05, 0) is 17.0 Å². The maximum absolute atomic E-state index is 6.46. The van der Waals surface area contributed by atoms with Crippen LogP contribution in [0.3, 0.4) is 0 Å². The standard InChI is InChI=1S/C25H25N5O/c26-23-24(30-15-13-29(14-16-30)17-19-7-2-1-3-8-19)27-18-28-25(23)31-22-12-6-10-20-9-4-5-11-21(20)22/h1-12,18H,13-17,26H2. The van der Waals surface area contributed by atoms with Gasteiger partial charge < -0.3 is 15.4 Å². The Morgan fingerprint density at radius 1 is 0.806 bits per heavy atom. The highest BCUT2D eigenvalue weighted by molar-refractivity contribution is 5.88. The van der Waals surface area contributed by atoms with Gasteiger partial charge in [0.05, 0.1) is 0 Å². The van der Waals surface area contributed by atoms with Crippen molar-refractivity contribution < 1.29 is 4.74 Å². The van der Waals surface area contributed by atoms with Gasteiger partial charge in [0, 0.05) is 38.1 Å². The number of aromatic nitrogens is 2. The van der Waals surface area contributed by atoms with E-state index in [0.29, 0.717) is 11.6 Å². The molecule has 4 aromatic rings. The molecule has 1 aromatic heterocycles. The molecule has 2 heterocycles. The van der Waals surface area contributed by atoms with Crippen LogP contribution < -0.4 is 15.4 Å². The van der Waals surface area contributed by atoms with Crippen molar-refractivity contribution in [2.75, 3.05) is 36.8 Å². The highest BCUT2D eigenvalue weighted by Gasteiger charge is 2.22. The number of anilines is 2. The predicted octanol–water partition coefficient (Wildman–Crippen LogP) is 4.33. The van der Waals surface area contributed by atoms with E-state index in [2.05, 4.69) is 62.2 Å². The molecule has 1 aliphatic rings. The van der Waals surface area contributed by atoms with E-state index in [1.807, 2.05) is 30.3 Å². The van der Waals surface area contributed by atoms with Crippen LogP contribution in [0.25, 0.3) is 10.8 Å². The van der Waals surface area contributed by atoms with Gasteiger partial charge in [0.25, 0.3) is 0 Å². The molecule has 5 rings (SSSR count). The van der Waals surface area contributed by atoms with Gasteiger partial charge in [-0.3, -0.25) is 4.90 Å². The summed E-state index contributed by atoms with van der Waals surface area (Å²) in [4.78, 5) is 13.4. The Hall–Kier alpha value is -3.64. The molecular weight excluding hydrogens is 386 g/mol. The number of hydrogen-bond donors (Lipinski definition) is 1. The van der Waals surface area contributed by atoms with Crippen LogP contribution in [0.2, 0.25) is 0 Å². The zero-order chi connectivity index (χ0) is 21.0. The number of rotatable bonds is 5. The van der Waals surface area contributed by atoms with E-state index in [1.165, 1.54) is 11.9 Å². The highest BCUT2D eigenvalue weighted by Crippen LogP contribution is 2.35.